The van der Waals surface area contributed by atoms with Crippen molar-refractivity contribution in [3.8, 4) is 5.75 Å². The fourth-order valence-corrected chi connectivity index (χ4v) is 3.60. The van der Waals surface area contributed by atoms with Gasteiger partial charge in [0.25, 0.3) is 5.91 Å². The Hall–Kier alpha value is -2.14. The van der Waals surface area contributed by atoms with Gasteiger partial charge >= 0.3 is 0 Å². The van der Waals surface area contributed by atoms with E-state index in [2.05, 4.69) is 30.9 Å². The van der Waals surface area contributed by atoms with E-state index >= 15 is 0 Å². The van der Waals surface area contributed by atoms with Crippen molar-refractivity contribution in [3.05, 3.63) is 35.5 Å². The van der Waals surface area contributed by atoms with Crippen LogP contribution in [0.4, 0.5) is 0 Å². The Morgan fingerprint density at radius 1 is 1.29 bits per heavy atom. The summed E-state index contributed by atoms with van der Waals surface area (Å²) < 4.78 is 5.32. The van der Waals surface area contributed by atoms with Gasteiger partial charge in [-0.25, -0.2) is 0 Å². The van der Waals surface area contributed by atoms with Gasteiger partial charge < -0.3 is 14.5 Å². The van der Waals surface area contributed by atoms with Gasteiger partial charge in [-0.1, -0.05) is 6.92 Å². The summed E-state index contributed by atoms with van der Waals surface area (Å²) >= 11 is 0. The Bertz CT molecular complexity index is 773. The molecule has 5 nitrogen and oxygen atoms in total. The number of likely N-dealkylation sites (tertiary alicyclic amines) is 1. The summed E-state index contributed by atoms with van der Waals surface area (Å²) in [5.74, 6) is 1.28. The predicted octanol–water partition coefficient (Wildman–Crippen LogP) is 2.57. The molecular weight excluding hydrogens is 302 g/mol. The van der Waals surface area contributed by atoms with E-state index in [1.807, 2.05) is 36.1 Å². The lowest BCUT2D eigenvalue weighted by molar-refractivity contribution is 0.0783. The first-order valence-corrected chi connectivity index (χ1v) is 8.31. The molecule has 1 aliphatic rings. The number of carbonyl (C=O) groups excluding carboxylic acids is 1. The van der Waals surface area contributed by atoms with Gasteiger partial charge in [0.05, 0.1) is 18.2 Å². The molecule has 0 saturated carbocycles. The molecule has 1 aromatic heterocycles. The third-order valence-electron chi connectivity index (χ3n) is 4.90. The Labute approximate surface area is 143 Å². The summed E-state index contributed by atoms with van der Waals surface area (Å²) in [5, 5.41) is 0.853. The number of hydrogen-bond donors (Lipinski definition) is 0. The molecule has 1 fully saturated rings. The smallest absolute Gasteiger partial charge is 0.254 e. The lowest BCUT2D eigenvalue weighted by Gasteiger charge is -2.22. The van der Waals surface area contributed by atoms with Gasteiger partial charge in [0.1, 0.15) is 5.75 Å². The minimum Gasteiger partial charge on any atom is -0.497 e. The Balaban J connectivity index is 2.01. The van der Waals surface area contributed by atoms with Crippen molar-refractivity contribution in [2.75, 3.05) is 34.3 Å². The summed E-state index contributed by atoms with van der Waals surface area (Å²) in [6.45, 7) is 5.68. The first-order valence-electron chi connectivity index (χ1n) is 8.31. The zero-order valence-corrected chi connectivity index (χ0v) is 15.0. The Kier molecular flexibility index (Phi) is 4.45. The maximum atomic E-state index is 13.2. The van der Waals surface area contributed by atoms with Crippen molar-refractivity contribution in [1.82, 2.24) is 14.8 Å². The highest BCUT2D eigenvalue weighted by molar-refractivity contribution is 6.06. The van der Waals surface area contributed by atoms with E-state index in [0.29, 0.717) is 17.5 Å². The average Bonchev–Trinajstić information content (AvgIpc) is 2.95. The summed E-state index contributed by atoms with van der Waals surface area (Å²) in [4.78, 5) is 21.9. The second-order valence-corrected chi connectivity index (χ2v) is 6.91. The van der Waals surface area contributed by atoms with Crippen LogP contribution in [0.1, 0.15) is 23.0 Å². The van der Waals surface area contributed by atoms with Crippen LogP contribution in [0.3, 0.4) is 0 Å². The highest BCUT2D eigenvalue weighted by Crippen LogP contribution is 2.27. The summed E-state index contributed by atoms with van der Waals surface area (Å²) in [6.07, 6.45) is 0. The van der Waals surface area contributed by atoms with Crippen LogP contribution in [-0.4, -0.2) is 61.0 Å². The van der Waals surface area contributed by atoms with Gasteiger partial charge in [-0.2, -0.15) is 0 Å². The molecule has 2 aromatic rings. The minimum absolute atomic E-state index is 0.0787. The third-order valence-corrected chi connectivity index (χ3v) is 4.90. The number of rotatable bonds is 3. The standard InChI is InChI=1S/C19H25N3O2/c1-12-10-22(11-18(12)21(3)4)19(23)16-8-13(2)20-17-7-6-14(24-5)9-15(16)17/h6-9,12,18H,10-11H2,1-5H3/t12-,18-/m0/s1. The quantitative estimate of drug-likeness (QED) is 0.869. The predicted molar refractivity (Wildman–Crippen MR) is 95.6 cm³/mol. The number of aryl methyl sites for hydroxylation is 1. The van der Waals surface area contributed by atoms with E-state index in [0.717, 1.165) is 35.4 Å². The molecule has 5 heteroatoms. The average molecular weight is 327 g/mol. The van der Waals surface area contributed by atoms with E-state index in [-0.39, 0.29) is 5.91 Å². The number of ether oxygens (including phenoxy) is 1. The first kappa shape index (κ1) is 16.7. The van der Waals surface area contributed by atoms with Crippen LogP contribution in [0.25, 0.3) is 10.9 Å². The van der Waals surface area contributed by atoms with E-state index in [1.54, 1.807) is 7.11 Å². The monoisotopic (exact) mass is 327 g/mol. The normalized spacial score (nSPS) is 20.8. The zero-order chi connectivity index (χ0) is 17.4. The molecule has 2 atom stereocenters. The Morgan fingerprint density at radius 2 is 2.04 bits per heavy atom. The molecular formula is C19H25N3O2. The van der Waals surface area contributed by atoms with Crippen molar-refractivity contribution in [2.45, 2.75) is 19.9 Å². The fourth-order valence-electron chi connectivity index (χ4n) is 3.60. The summed E-state index contributed by atoms with van der Waals surface area (Å²) in [5.41, 5.74) is 2.39. The van der Waals surface area contributed by atoms with Gasteiger partial charge in [-0.3, -0.25) is 9.78 Å². The van der Waals surface area contributed by atoms with Crippen LogP contribution in [0.15, 0.2) is 24.3 Å². The highest BCUT2D eigenvalue weighted by Gasteiger charge is 2.34. The first-order chi connectivity index (χ1) is 11.4. The van der Waals surface area contributed by atoms with Crippen LogP contribution in [0.2, 0.25) is 0 Å². The molecule has 1 aromatic carbocycles. The van der Waals surface area contributed by atoms with Gasteiger partial charge in [0.15, 0.2) is 0 Å². The van der Waals surface area contributed by atoms with Gasteiger partial charge in [-0.15, -0.1) is 0 Å². The third kappa shape index (κ3) is 2.96. The number of hydrogen-bond acceptors (Lipinski definition) is 4. The minimum atomic E-state index is 0.0787. The molecule has 0 radical (unpaired) electrons. The fraction of sp³-hybridized carbons (Fsp3) is 0.474. The van der Waals surface area contributed by atoms with Crippen LogP contribution in [-0.2, 0) is 0 Å². The molecule has 128 valence electrons. The number of methoxy groups -OCH3 is 1. The van der Waals surface area contributed by atoms with E-state index in [1.165, 1.54) is 0 Å². The number of likely N-dealkylation sites (N-methyl/N-ethyl adjacent to an activating group) is 1. The lowest BCUT2D eigenvalue weighted by Crippen LogP contribution is -2.35. The van der Waals surface area contributed by atoms with Crippen molar-refractivity contribution in [3.63, 3.8) is 0 Å². The van der Waals surface area contributed by atoms with E-state index in [9.17, 15) is 4.79 Å². The zero-order valence-electron chi connectivity index (χ0n) is 15.0. The van der Waals surface area contributed by atoms with E-state index < -0.39 is 0 Å². The number of fused-ring (bicyclic) bond motifs is 1. The maximum Gasteiger partial charge on any atom is 0.254 e. The van der Waals surface area contributed by atoms with Crippen molar-refractivity contribution >= 4 is 16.8 Å². The molecule has 0 N–H and O–H groups in total. The molecule has 1 amide bonds. The van der Waals surface area contributed by atoms with Gasteiger partial charge in [-0.05, 0) is 51.2 Å². The lowest BCUT2D eigenvalue weighted by atomic mass is 10.1. The molecule has 0 bridgehead atoms. The molecule has 2 heterocycles. The number of amides is 1. The number of pyridine rings is 1. The van der Waals surface area contributed by atoms with Crippen molar-refractivity contribution in [1.29, 1.82) is 0 Å². The second-order valence-electron chi connectivity index (χ2n) is 6.91. The van der Waals surface area contributed by atoms with Crippen LogP contribution >= 0.6 is 0 Å². The molecule has 24 heavy (non-hydrogen) atoms. The Morgan fingerprint density at radius 3 is 2.67 bits per heavy atom. The van der Waals surface area contributed by atoms with Crippen LogP contribution in [0, 0.1) is 12.8 Å². The van der Waals surface area contributed by atoms with E-state index in [4.69, 9.17) is 4.74 Å². The summed E-state index contributed by atoms with van der Waals surface area (Å²) in [6, 6.07) is 7.98. The number of nitrogens with zero attached hydrogens (tertiary/aromatic N) is 3. The van der Waals surface area contributed by atoms with Crippen molar-refractivity contribution in [2.24, 2.45) is 5.92 Å². The van der Waals surface area contributed by atoms with Gasteiger partial charge in [0.2, 0.25) is 0 Å². The molecule has 0 spiro atoms. The topological polar surface area (TPSA) is 45.7 Å². The molecule has 0 aliphatic carbocycles. The second kappa shape index (κ2) is 6.40. The largest absolute Gasteiger partial charge is 0.497 e. The molecule has 0 unspecified atom stereocenters. The number of benzene rings is 1. The van der Waals surface area contributed by atoms with Crippen LogP contribution in [0.5, 0.6) is 5.75 Å². The number of carbonyl (C=O) groups is 1. The molecule has 1 saturated heterocycles. The SMILES string of the molecule is COc1ccc2nc(C)cc(C(=O)N3C[C@H](C)[C@@H](N(C)C)C3)c2c1. The van der Waals surface area contributed by atoms with Gasteiger partial charge in [0, 0.05) is 30.2 Å². The molecule has 3 rings (SSSR count). The number of aromatic nitrogens is 1. The maximum absolute atomic E-state index is 13.2. The summed E-state index contributed by atoms with van der Waals surface area (Å²) in [7, 11) is 5.78. The van der Waals surface area contributed by atoms with Crippen molar-refractivity contribution < 1.29 is 9.53 Å². The highest BCUT2D eigenvalue weighted by atomic mass is 16.5. The molecule has 1 aliphatic heterocycles. The van der Waals surface area contributed by atoms with Crippen LogP contribution < -0.4 is 4.74 Å².